The van der Waals surface area contributed by atoms with Gasteiger partial charge in [0.25, 0.3) is 0 Å². The molecule has 1 rings (SSSR count). The molecule has 0 aromatic carbocycles. The third-order valence-corrected chi connectivity index (χ3v) is 3.46. The van der Waals surface area contributed by atoms with E-state index in [1.54, 1.807) is 0 Å². The Morgan fingerprint density at radius 1 is 0.692 bits per heavy atom. The molecule has 0 N–H and O–H groups in total. The number of halogens is 13. The highest BCUT2D eigenvalue weighted by molar-refractivity contribution is 5.11. The van der Waals surface area contributed by atoms with Crippen LogP contribution in [-0.2, 0) is 9.47 Å². The third kappa shape index (κ3) is 3.10. The van der Waals surface area contributed by atoms with Crippen molar-refractivity contribution in [1.29, 1.82) is 0 Å². The summed E-state index contributed by atoms with van der Waals surface area (Å²) in [5, 5.41) is 0. The molecule has 1 heterocycles. The quantitative estimate of drug-likeness (QED) is 0.433. The van der Waals surface area contributed by atoms with Crippen LogP contribution in [0.5, 0.6) is 0 Å². The van der Waals surface area contributed by atoms with Gasteiger partial charge in [-0.15, -0.1) is 0 Å². The van der Waals surface area contributed by atoms with Gasteiger partial charge in [-0.2, -0.15) is 57.1 Å². The summed E-state index contributed by atoms with van der Waals surface area (Å²) < 4.78 is 176. The highest BCUT2D eigenvalue weighted by Crippen LogP contribution is 2.60. The molecule has 0 radical (unpaired) electrons. The van der Waals surface area contributed by atoms with Crippen LogP contribution in [0.3, 0.4) is 0 Å². The summed E-state index contributed by atoms with van der Waals surface area (Å²) >= 11 is 0. The standard InChI is InChI=1S/C11H9F13O2/c1-3-5(25-3)26-4(2)6(12,13)7(14,15)8(16,17)9(18,19)10(20,21)11(22,23)24/h3-5H,1-2H3. The van der Waals surface area contributed by atoms with E-state index < -0.39 is 54.3 Å². The van der Waals surface area contributed by atoms with Crippen molar-refractivity contribution in [2.75, 3.05) is 0 Å². The molecule has 0 bridgehead atoms. The molecule has 1 aliphatic heterocycles. The molecule has 156 valence electrons. The summed E-state index contributed by atoms with van der Waals surface area (Å²) in [6, 6.07) is 0. The topological polar surface area (TPSA) is 21.8 Å². The van der Waals surface area contributed by atoms with Crippen molar-refractivity contribution in [3.05, 3.63) is 0 Å². The predicted octanol–water partition coefficient (Wildman–Crippen LogP) is 4.88. The van der Waals surface area contributed by atoms with Crippen LogP contribution in [0.2, 0.25) is 0 Å². The lowest BCUT2D eigenvalue weighted by Gasteiger charge is -2.41. The Bertz CT molecular complexity index is 527. The number of alkyl halides is 13. The van der Waals surface area contributed by atoms with Gasteiger partial charge in [-0.3, -0.25) is 0 Å². The van der Waals surface area contributed by atoms with E-state index in [-0.39, 0.29) is 6.92 Å². The number of rotatable bonds is 7. The number of hydrogen-bond acceptors (Lipinski definition) is 2. The predicted molar refractivity (Wildman–Crippen MR) is 55.7 cm³/mol. The highest BCUT2D eigenvalue weighted by Gasteiger charge is 2.91. The first kappa shape index (κ1) is 23.0. The monoisotopic (exact) mass is 420 g/mol. The Morgan fingerprint density at radius 2 is 1.04 bits per heavy atom. The Hall–Kier alpha value is -0.990. The van der Waals surface area contributed by atoms with E-state index in [4.69, 9.17) is 0 Å². The van der Waals surface area contributed by atoms with Crippen molar-refractivity contribution < 1.29 is 66.5 Å². The molecule has 0 amide bonds. The molecule has 0 aromatic heterocycles. The molecule has 1 aliphatic rings. The SMILES string of the molecule is CC1OC1OC(C)C(F)(F)C(F)(F)C(F)(F)C(F)(F)C(F)(F)C(F)(F)F. The Labute approximate surface area is 136 Å². The van der Waals surface area contributed by atoms with Gasteiger partial charge < -0.3 is 9.47 Å². The Kier molecular flexibility index (Phi) is 5.32. The lowest BCUT2D eigenvalue weighted by Crippen LogP contribution is -2.71. The van der Waals surface area contributed by atoms with Gasteiger partial charge in [-0.25, -0.2) is 0 Å². The third-order valence-electron chi connectivity index (χ3n) is 3.46. The fourth-order valence-corrected chi connectivity index (χ4v) is 1.63. The van der Waals surface area contributed by atoms with Crippen LogP contribution in [0.15, 0.2) is 0 Å². The zero-order valence-corrected chi connectivity index (χ0v) is 12.5. The second-order valence-electron chi connectivity index (χ2n) is 5.41. The van der Waals surface area contributed by atoms with Crippen molar-refractivity contribution in [2.45, 2.75) is 68.1 Å². The number of hydrogen-bond donors (Lipinski definition) is 0. The average molecular weight is 420 g/mol. The maximum absolute atomic E-state index is 13.6. The average Bonchev–Trinajstić information content (AvgIpc) is 3.11. The fraction of sp³-hybridized carbons (Fsp3) is 1.00. The minimum atomic E-state index is -7.91. The van der Waals surface area contributed by atoms with E-state index >= 15 is 0 Å². The first-order chi connectivity index (χ1) is 11.2. The Balaban J connectivity index is 3.29. The zero-order valence-electron chi connectivity index (χ0n) is 12.5. The van der Waals surface area contributed by atoms with Crippen LogP contribution in [0.1, 0.15) is 13.8 Å². The second-order valence-corrected chi connectivity index (χ2v) is 5.41. The molecule has 26 heavy (non-hydrogen) atoms. The van der Waals surface area contributed by atoms with E-state index in [0.717, 1.165) is 6.92 Å². The van der Waals surface area contributed by atoms with Gasteiger partial charge in [0.05, 0.1) is 0 Å². The largest absolute Gasteiger partial charge is 0.460 e. The van der Waals surface area contributed by atoms with Crippen molar-refractivity contribution in [3.8, 4) is 0 Å². The van der Waals surface area contributed by atoms with Gasteiger partial charge in [0.1, 0.15) is 12.2 Å². The van der Waals surface area contributed by atoms with Crippen LogP contribution in [0.25, 0.3) is 0 Å². The molecule has 3 atom stereocenters. The van der Waals surface area contributed by atoms with Crippen LogP contribution in [0, 0.1) is 0 Å². The first-order valence-corrected chi connectivity index (χ1v) is 6.43. The van der Waals surface area contributed by atoms with Crippen LogP contribution in [-0.4, -0.2) is 54.3 Å². The van der Waals surface area contributed by atoms with Crippen LogP contribution >= 0.6 is 0 Å². The van der Waals surface area contributed by atoms with E-state index in [1.807, 2.05) is 0 Å². The van der Waals surface area contributed by atoms with E-state index in [0.29, 0.717) is 0 Å². The molecule has 1 saturated heterocycles. The lowest BCUT2D eigenvalue weighted by molar-refractivity contribution is -0.444. The van der Waals surface area contributed by atoms with E-state index in [1.165, 1.54) is 0 Å². The van der Waals surface area contributed by atoms with Crippen molar-refractivity contribution in [2.24, 2.45) is 0 Å². The second kappa shape index (κ2) is 6.01. The Morgan fingerprint density at radius 3 is 1.35 bits per heavy atom. The summed E-state index contributed by atoms with van der Waals surface area (Å²) in [4.78, 5) is 0. The summed E-state index contributed by atoms with van der Waals surface area (Å²) in [7, 11) is 0. The lowest BCUT2D eigenvalue weighted by atomic mass is 9.92. The normalized spacial score (nSPS) is 24.6. The molecular weight excluding hydrogens is 411 g/mol. The maximum atomic E-state index is 13.6. The van der Waals surface area contributed by atoms with Crippen molar-refractivity contribution >= 4 is 0 Å². The smallest absolute Gasteiger partial charge is 0.342 e. The molecule has 0 aromatic rings. The van der Waals surface area contributed by atoms with Gasteiger partial charge >= 0.3 is 35.8 Å². The van der Waals surface area contributed by atoms with Gasteiger partial charge in [-0.05, 0) is 13.8 Å². The zero-order chi connectivity index (χ0) is 21.1. The van der Waals surface area contributed by atoms with Gasteiger partial charge in [-0.1, -0.05) is 0 Å². The number of epoxide rings is 1. The van der Waals surface area contributed by atoms with E-state index in [2.05, 4.69) is 9.47 Å². The first-order valence-electron chi connectivity index (χ1n) is 6.43. The van der Waals surface area contributed by atoms with Crippen LogP contribution in [0.4, 0.5) is 57.1 Å². The van der Waals surface area contributed by atoms with Gasteiger partial charge in [0.2, 0.25) is 0 Å². The summed E-state index contributed by atoms with van der Waals surface area (Å²) in [6.45, 7) is 1.15. The fourth-order valence-electron chi connectivity index (χ4n) is 1.63. The molecular formula is C11H9F13O2. The van der Waals surface area contributed by atoms with Crippen molar-refractivity contribution in [3.63, 3.8) is 0 Å². The molecule has 0 saturated carbocycles. The molecule has 2 nitrogen and oxygen atoms in total. The van der Waals surface area contributed by atoms with E-state index in [9.17, 15) is 57.1 Å². The van der Waals surface area contributed by atoms with Crippen LogP contribution < -0.4 is 0 Å². The summed E-state index contributed by atoms with van der Waals surface area (Å²) in [5.41, 5.74) is 0. The highest BCUT2D eigenvalue weighted by atomic mass is 19.4. The van der Waals surface area contributed by atoms with Gasteiger partial charge in [0, 0.05) is 0 Å². The molecule has 1 fully saturated rings. The van der Waals surface area contributed by atoms with Crippen molar-refractivity contribution in [1.82, 2.24) is 0 Å². The van der Waals surface area contributed by atoms with Gasteiger partial charge in [0.15, 0.2) is 6.29 Å². The molecule has 15 heteroatoms. The summed E-state index contributed by atoms with van der Waals surface area (Å²) in [5.74, 6) is -37.1. The molecule has 0 spiro atoms. The minimum Gasteiger partial charge on any atom is -0.342 e. The minimum absolute atomic E-state index is 0.00155. The number of ether oxygens (including phenoxy) is 2. The summed E-state index contributed by atoms with van der Waals surface area (Å²) in [6.07, 6.45) is -13.3. The molecule has 3 unspecified atom stereocenters. The molecule has 0 aliphatic carbocycles. The maximum Gasteiger partial charge on any atom is 0.460 e.